The van der Waals surface area contributed by atoms with E-state index in [4.69, 9.17) is 9.15 Å². The molecule has 1 atom stereocenters. The fourth-order valence-electron chi connectivity index (χ4n) is 3.54. The number of pyridine rings is 1. The van der Waals surface area contributed by atoms with Crippen LogP contribution in [0.15, 0.2) is 16.5 Å². The van der Waals surface area contributed by atoms with E-state index in [0.717, 1.165) is 27.9 Å². The van der Waals surface area contributed by atoms with E-state index in [1.165, 1.54) is 4.88 Å². The summed E-state index contributed by atoms with van der Waals surface area (Å²) in [6.45, 7) is 11.1. The number of oxazole rings is 1. The number of amides is 1. The van der Waals surface area contributed by atoms with Crippen LogP contribution < -0.4 is 5.32 Å². The number of hydrogen-bond acceptors (Lipinski definition) is 8. The number of morpholine rings is 1. The zero-order valence-corrected chi connectivity index (χ0v) is 19.3. The molecule has 0 aromatic carbocycles. The molecular formula is C22H27N5O3S. The molecule has 1 amide bonds. The third-order valence-corrected chi connectivity index (χ3v) is 6.26. The molecule has 0 radical (unpaired) electrons. The van der Waals surface area contributed by atoms with E-state index in [0.29, 0.717) is 43.5 Å². The highest BCUT2D eigenvalue weighted by molar-refractivity contribution is 7.15. The molecule has 3 aromatic rings. The molecule has 0 bridgehead atoms. The van der Waals surface area contributed by atoms with Gasteiger partial charge in [-0.05, 0) is 39.8 Å². The first kappa shape index (κ1) is 21.5. The first-order chi connectivity index (χ1) is 14.8. The Labute approximate surface area is 185 Å². The Morgan fingerprint density at radius 3 is 2.68 bits per heavy atom. The lowest BCUT2D eigenvalue weighted by Crippen LogP contribution is -2.42. The summed E-state index contributed by atoms with van der Waals surface area (Å²) in [6, 6.07) is 3.94. The molecule has 1 aliphatic heterocycles. The number of aromatic nitrogens is 3. The molecule has 1 fully saturated rings. The van der Waals surface area contributed by atoms with Gasteiger partial charge in [0.2, 0.25) is 5.76 Å². The Kier molecular flexibility index (Phi) is 6.06. The van der Waals surface area contributed by atoms with Crippen LogP contribution in [0.25, 0.3) is 0 Å². The van der Waals surface area contributed by atoms with Gasteiger partial charge in [0.25, 0.3) is 5.91 Å². The van der Waals surface area contributed by atoms with E-state index in [-0.39, 0.29) is 12.0 Å². The molecule has 0 unspecified atom stereocenters. The number of thiazole rings is 1. The smallest absolute Gasteiger partial charge is 0.291 e. The number of ether oxygens (including phenoxy) is 1. The van der Waals surface area contributed by atoms with Gasteiger partial charge in [-0.25, -0.2) is 9.97 Å². The molecule has 1 aliphatic rings. The number of carbonyl (C=O) groups is 1. The van der Waals surface area contributed by atoms with Crippen LogP contribution in [-0.2, 0) is 11.2 Å². The minimum Gasteiger partial charge on any atom is -0.435 e. The van der Waals surface area contributed by atoms with Crippen molar-refractivity contribution in [2.75, 3.05) is 25.0 Å². The molecule has 8 nitrogen and oxygen atoms in total. The molecule has 164 valence electrons. The molecular weight excluding hydrogens is 414 g/mol. The molecule has 0 aliphatic carbocycles. The predicted octanol–water partition coefficient (Wildman–Crippen LogP) is 4.28. The van der Waals surface area contributed by atoms with Crippen LogP contribution in [0.1, 0.15) is 57.1 Å². The number of anilines is 2. The van der Waals surface area contributed by atoms with Crippen molar-refractivity contribution in [2.24, 2.45) is 0 Å². The molecule has 3 aromatic heterocycles. The Morgan fingerprint density at radius 2 is 2.00 bits per heavy atom. The number of aryl methyl sites for hydroxylation is 5. The molecule has 4 rings (SSSR count). The second-order valence-corrected chi connectivity index (χ2v) is 8.90. The maximum absolute atomic E-state index is 13.0. The first-order valence-corrected chi connectivity index (χ1v) is 11.2. The third-order valence-electron chi connectivity index (χ3n) is 5.27. The largest absolute Gasteiger partial charge is 0.435 e. The topological polar surface area (TPSA) is 93.4 Å². The summed E-state index contributed by atoms with van der Waals surface area (Å²) in [7, 11) is 0. The van der Waals surface area contributed by atoms with Gasteiger partial charge < -0.3 is 19.4 Å². The maximum Gasteiger partial charge on any atom is 0.291 e. The van der Waals surface area contributed by atoms with Crippen molar-refractivity contribution >= 4 is 28.1 Å². The highest BCUT2D eigenvalue weighted by Gasteiger charge is 2.30. The zero-order chi connectivity index (χ0) is 22.1. The van der Waals surface area contributed by atoms with Gasteiger partial charge in [0.1, 0.15) is 6.10 Å². The van der Waals surface area contributed by atoms with Gasteiger partial charge in [-0.15, -0.1) is 11.3 Å². The second kappa shape index (κ2) is 8.76. The molecule has 0 saturated carbocycles. The SMILES string of the molecule is CCc1nc(C)c(C(=O)N2CCO[C@@H](c3cc(Nc4nc(C)c(C)s4)cc(C)n3)C2)o1. The van der Waals surface area contributed by atoms with Crippen molar-refractivity contribution in [3.05, 3.63) is 51.4 Å². The van der Waals surface area contributed by atoms with E-state index in [1.54, 1.807) is 23.2 Å². The number of hydrogen-bond donors (Lipinski definition) is 1. The Hall–Kier alpha value is -2.78. The Morgan fingerprint density at radius 1 is 1.19 bits per heavy atom. The lowest BCUT2D eigenvalue weighted by Gasteiger charge is -2.32. The molecule has 4 heterocycles. The van der Waals surface area contributed by atoms with Gasteiger partial charge in [0.05, 0.1) is 30.2 Å². The van der Waals surface area contributed by atoms with E-state index in [2.05, 4.69) is 27.2 Å². The molecule has 1 saturated heterocycles. The normalized spacial score (nSPS) is 16.5. The van der Waals surface area contributed by atoms with E-state index in [1.807, 2.05) is 32.9 Å². The summed E-state index contributed by atoms with van der Waals surface area (Å²) in [6.07, 6.45) is 0.341. The minimum absolute atomic E-state index is 0.155. The first-order valence-electron chi connectivity index (χ1n) is 10.4. The monoisotopic (exact) mass is 441 g/mol. The zero-order valence-electron chi connectivity index (χ0n) is 18.5. The minimum atomic E-state index is -0.313. The van der Waals surface area contributed by atoms with Crippen molar-refractivity contribution in [3.63, 3.8) is 0 Å². The lowest BCUT2D eigenvalue weighted by atomic mass is 10.1. The van der Waals surface area contributed by atoms with E-state index in [9.17, 15) is 4.79 Å². The van der Waals surface area contributed by atoms with Crippen LogP contribution in [0, 0.1) is 27.7 Å². The van der Waals surface area contributed by atoms with Gasteiger partial charge >= 0.3 is 0 Å². The lowest BCUT2D eigenvalue weighted by molar-refractivity contribution is -0.0257. The summed E-state index contributed by atoms with van der Waals surface area (Å²) in [5.41, 5.74) is 4.21. The highest BCUT2D eigenvalue weighted by Crippen LogP contribution is 2.29. The Balaban J connectivity index is 1.53. The van der Waals surface area contributed by atoms with Crippen LogP contribution >= 0.6 is 11.3 Å². The molecule has 0 spiro atoms. The quantitative estimate of drug-likeness (QED) is 0.632. The second-order valence-electron chi connectivity index (χ2n) is 7.69. The van der Waals surface area contributed by atoms with Crippen LogP contribution in [0.4, 0.5) is 10.8 Å². The van der Waals surface area contributed by atoms with E-state index >= 15 is 0 Å². The number of rotatable bonds is 5. The summed E-state index contributed by atoms with van der Waals surface area (Å²) in [4.78, 5) is 29.5. The fourth-order valence-corrected chi connectivity index (χ4v) is 4.37. The van der Waals surface area contributed by atoms with Crippen molar-refractivity contribution in [2.45, 2.75) is 47.1 Å². The predicted molar refractivity (Wildman–Crippen MR) is 119 cm³/mol. The average Bonchev–Trinajstić information content (AvgIpc) is 3.28. The van der Waals surface area contributed by atoms with Gasteiger partial charge in [0.15, 0.2) is 11.0 Å². The standard InChI is InChI=1S/C22H27N5O3S/c1-6-19-24-14(4)20(30-19)21(28)27-7-8-29-18(11-27)17-10-16(9-12(2)23-17)26-22-25-13(3)15(5)31-22/h9-10,18H,6-8,11H2,1-5H3,(H,23,25,26)/t18-/m1/s1. The van der Waals surface area contributed by atoms with Crippen molar-refractivity contribution in [1.29, 1.82) is 0 Å². The van der Waals surface area contributed by atoms with Crippen LogP contribution in [0.5, 0.6) is 0 Å². The van der Waals surface area contributed by atoms with Crippen LogP contribution in [0.3, 0.4) is 0 Å². The number of carbonyl (C=O) groups excluding carboxylic acids is 1. The van der Waals surface area contributed by atoms with Gasteiger partial charge in [-0.2, -0.15) is 0 Å². The van der Waals surface area contributed by atoms with Crippen LogP contribution in [-0.4, -0.2) is 45.5 Å². The fraction of sp³-hybridized carbons (Fsp3) is 0.455. The van der Waals surface area contributed by atoms with Crippen molar-refractivity contribution < 1.29 is 13.9 Å². The van der Waals surface area contributed by atoms with Crippen LogP contribution in [0.2, 0.25) is 0 Å². The van der Waals surface area contributed by atoms with Crippen molar-refractivity contribution in [3.8, 4) is 0 Å². The molecule has 31 heavy (non-hydrogen) atoms. The maximum atomic E-state index is 13.0. The summed E-state index contributed by atoms with van der Waals surface area (Å²) >= 11 is 1.62. The third kappa shape index (κ3) is 4.62. The van der Waals surface area contributed by atoms with Crippen molar-refractivity contribution in [1.82, 2.24) is 19.9 Å². The number of nitrogens with zero attached hydrogens (tertiary/aromatic N) is 4. The molecule has 9 heteroatoms. The van der Waals surface area contributed by atoms with Gasteiger partial charge in [-0.1, -0.05) is 6.92 Å². The number of nitrogens with one attached hydrogen (secondary N) is 1. The van der Waals surface area contributed by atoms with Gasteiger partial charge in [0, 0.05) is 29.2 Å². The Bertz CT molecular complexity index is 1090. The highest BCUT2D eigenvalue weighted by atomic mass is 32.1. The van der Waals surface area contributed by atoms with Gasteiger partial charge in [-0.3, -0.25) is 9.78 Å². The summed E-state index contributed by atoms with van der Waals surface area (Å²) < 4.78 is 11.6. The average molecular weight is 442 g/mol. The summed E-state index contributed by atoms with van der Waals surface area (Å²) in [5.74, 6) is 0.735. The van der Waals surface area contributed by atoms with E-state index < -0.39 is 0 Å². The molecule has 1 N–H and O–H groups in total. The summed E-state index contributed by atoms with van der Waals surface area (Å²) in [5, 5.41) is 4.22.